The van der Waals surface area contributed by atoms with Gasteiger partial charge in [0.25, 0.3) is 10.0 Å². The Hall–Kier alpha value is -0.980. The molecule has 0 aliphatic heterocycles. The largest absolute Gasteiger partial charge is 0.392 e. The van der Waals surface area contributed by atoms with Crippen molar-refractivity contribution in [3.63, 3.8) is 0 Å². The van der Waals surface area contributed by atoms with Gasteiger partial charge in [-0.25, -0.2) is 18.1 Å². The Balaban J connectivity index is 2.13. The van der Waals surface area contributed by atoms with E-state index in [2.05, 4.69) is 23.6 Å². The van der Waals surface area contributed by atoms with Crippen LogP contribution in [-0.2, 0) is 16.6 Å². The number of nitrogens with zero attached hydrogens (tertiary/aromatic N) is 1. The van der Waals surface area contributed by atoms with Gasteiger partial charge >= 0.3 is 0 Å². The van der Waals surface area contributed by atoms with Gasteiger partial charge in [0.05, 0.1) is 6.61 Å². The van der Waals surface area contributed by atoms with Crippen LogP contribution in [0.3, 0.4) is 0 Å². The number of nitrogens with one attached hydrogen (secondary N) is 1. The van der Waals surface area contributed by atoms with Crippen molar-refractivity contribution in [2.75, 3.05) is 0 Å². The van der Waals surface area contributed by atoms with Crippen molar-refractivity contribution in [3.05, 3.63) is 23.9 Å². The Labute approximate surface area is 120 Å². The molecule has 0 amide bonds. The van der Waals surface area contributed by atoms with Crippen LogP contribution in [0.25, 0.3) is 0 Å². The van der Waals surface area contributed by atoms with Gasteiger partial charge in [0.1, 0.15) is 0 Å². The van der Waals surface area contributed by atoms with Crippen LogP contribution >= 0.6 is 0 Å². The fourth-order valence-corrected chi connectivity index (χ4v) is 3.96. The second kappa shape index (κ2) is 6.20. The van der Waals surface area contributed by atoms with E-state index in [-0.39, 0.29) is 17.7 Å². The highest BCUT2D eigenvalue weighted by Gasteiger charge is 2.31. The SMILES string of the molecule is CC1CCCC(NS(=O)(=O)c2ccc(CO)cn2)C1C. The van der Waals surface area contributed by atoms with Crippen LogP contribution in [0.15, 0.2) is 23.4 Å². The van der Waals surface area contributed by atoms with Gasteiger partial charge in [0.15, 0.2) is 5.03 Å². The minimum atomic E-state index is -3.58. The van der Waals surface area contributed by atoms with Crippen LogP contribution in [0, 0.1) is 11.8 Å². The van der Waals surface area contributed by atoms with E-state index < -0.39 is 10.0 Å². The number of aliphatic hydroxyl groups is 1. The number of pyridine rings is 1. The quantitative estimate of drug-likeness (QED) is 0.886. The van der Waals surface area contributed by atoms with Crippen LogP contribution < -0.4 is 4.72 Å². The van der Waals surface area contributed by atoms with E-state index in [0.29, 0.717) is 17.4 Å². The molecule has 5 nitrogen and oxygen atoms in total. The highest BCUT2D eigenvalue weighted by molar-refractivity contribution is 7.89. The minimum Gasteiger partial charge on any atom is -0.392 e. The monoisotopic (exact) mass is 298 g/mol. The van der Waals surface area contributed by atoms with Crippen molar-refractivity contribution in [2.45, 2.75) is 50.8 Å². The molecule has 3 atom stereocenters. The Morgan fingerprint density at radius 1 is 1.35 bits per heavy atom. The van der Waals surface area contributed by atoms with E-state index in [4.69, 9.17) is 5.11 Å². The van der Waals surface area contributed by atoms with E-state index in [1.165, 1.54) is 12.3 Å². The maximum Gasteiger partial charge on any atom is 0.258 e. The van der Waals surface area contributed by atoms with Crippen molar-refractivity contribution in [1.82, 2.24) is 9.71 Å². The number of aromatic nitrogens is 1. The van der Waals surface area contributed by atoms with Crippen LogP contribution in [-0.4, -0.2) is 24.6 Å². The van der Waals surface area contributed by atoms with Gasteiger partial charge in [-0.15, -0.1) is 0 Å². The number of aliphatic hydroxyl groups excluding tert-OH is 1. The van der Waals surface area contributed by atoms with Crippen molar-refractivity contribution in [2.24, 2.45) is 11.8 Å². The lowest BCUT2D eigenvalue weighted by Gasteiger charge is -2.34. The molecule has 3 unspecified atom stereocenters. The molecule has 1 aliphatic carbocycles. The molecule has 2 rings (SSSR count). The number of hydrogen-bond acceptors (Lipinski definition) is 4. The normalized spacial score (nSPS) is 27.4. The zero-order chi connectivity index (χ0) is 14.8. The second-order valence-corrected chi connectivity index (χ2v) is 7.32. The summed E-state index contributed by atoms with van der Waals surface area (Å²) in [4.78, 5) is 3.92. The molecule has 1 heterocycles. The summed E-state index contributed by atoms with van der Waals surface area (Å²) < 4.78 is 27.4. The number of rotatable bonds is 4. The Morgan fingerprint density at radius 3 is 2.70 bits per heavy atom. The van der Waals surface area contributed by atoms with Crippen molar-refractivity contribution in [3.8, 4) is 0 Å². The van der Waals surface area contributed by atoms with E-state index >= 15 is 0 Å². The zero-order valence-electron chi connectivity index (χ0n) is 11.9. The third kappa shape index (κ3) is 3.37. The van der Waals surface area contributed by atoms with Crippen LogP contribution in [0.4, 0.5) is 0 Å². The second-order valence-electron chi connectivity index (χ2n) is 5.66. The number of hydrogen-bond donors (Lipinski definition) is 2. The van der Waals surface area contributed by atoms with Crippen LogP contribution in [0.5, 0.6) is 0 Å². The third-order valence-corrected chi connectivity index (χ3v) is 5.67. The summed E-state index contributed by atoms with van der Waals surface area (Å²) in [5, 5.41) is 8.97. The van der Waals surface area contributed by atoms with Gasteiger partial charge in [0, 0.05) is 12.2 Å². The van der Waals surface area contributed by atoms with Gasteiger partial charge in [-0.1, -0.05) is 32.8 Å². The Kier molecular flexibility index (Phi) is 4.78. The van der Waals surface area contributed by atoms with Crippen LogP contribution in [0.1, 0.15) is 38.7 Å². The fourth-order valence-electron chi connectivity index (χ4n) is 2.67. The molecule has 6 heteroatoms. The molecule has 112 valence electrons. The lowest BCUT2D eigenvalue weighted by atomic mass is 9.78. The highest BCUT2D eigenvalue weighted by atomic mass is 32.2. The molecule has 1 aromatic rings. The third-order valence-electron chi connectivity index (χ3n) is 4.27. The molecule has 0 aromatic carbocycles. The molecule has 20 heavy (non-hydrogen) atoms. The van der Waals surface area contributed by atoms with Gasteiger partial charge in [-0.2, -0.15) is 0 Å². The Bertz CT molecular complexity index is 542. The molecule has 2 N–H and O–H groups in total. The van der Waals surface area contributed by atoms with Crippen LogP contribution in [0.2, 0.25) is 0 Å². The zero-order valence-corrected chi connectivity index (χ0v) is 12.7. The lowest BCUT2D eigenvalue weighted by Crippen LogP contribution is -2.43. The molecule has 1 aromatic heterocycles. The molecular weight excluding hydrogens is 276 g/mol. The molecule has 1 fully saturated rings. The van der Waals surface area contributed by atoms with Gasteiger partial charge in [-0.05, 0) is 29.9 Å². The summed E-state index contributed by atoms with van der Waals surface area (Å²) in [7, 11) is -3.58. The first kappa shape index (κ1) is 15.4. The van der Waals surface area contributed by atoms with Crippen molar-refractivity contribution >= 4 is 10.0 Å². The van der Waals surface area contributed by atoms with E-state index in [9.17, 15) is 8.42 Å². The maximum absolute atomic E-state index is 12.3. The predicted molar refractivity (Wildman–Crippen MR) is 76.4 cm³/mol. The summed E-state index contributed by atoms with van der Waals surface area (Å²) in [6.45, 7) is 4.12. The van der Waals surface area contributed by atoms with Gasteiger partial charge in [0.2, 0.25) is 0 Å². The lowest BCUT2D eigenvalue weighted by molar-refractivity contribution is 0.227. The van der Waals surface area contributed by atoms with Crippen molar-refractivity contribution in [1.29, 1.82) is 0 Å². The molecule has 0 spiro atoms. The molecule has 0 radical (unpaired) electrons. The molecule has 1 saturated carbocycles. The summed E-state index contributed by atoms with van der Waals surface area (Å²) >= 11 is 0. The summed E-state index contributed by atoms with van der Waals surface area (Å²) in [5.74, 6) is 0.858. The van der Waals surface area contributed by atoms with Gasteiger partial charge in [-0.3, -0.25) is 0 Å². The summed E-state index contributed by atoms with van der Waals surface area (Å²) in [6.07, 6.45) is 4.47. The number of sulfonamides is 1. The van der Waals surface area contributed by atoms with E-state index in [1.54, 1.807) is 6.07 Å². The minimum absolute atomic E-state index is 0.0140. The van der Waals surface area contributed by atoms with E-state index in [0.717, 1.165) is 19.3 Å². The molecular formula is C14H22N2O3S. The van der Waals surface area contributed by atoms with Gasteiger partial charge < -0.3 is 5.11 Å². The fraction of sp³-hybridized carbons (Fsp3) is 0.643. The predicted octanol–water partition coefficient (Wildman–Crippen LogP) is 1.68. The molecule has 0 bridgehead atoms. The highest BCUT2D eigenvalue weighted by Crippen LogP contribution is 2.30. The first-order chi connectivity index (χ1) is 9.44. The molecule has 1 aliphatic rings. The first-order valence-electron chi connectivity index (χ1n) is 7.02. The molecule has 0 saturated heterocycles. The topological polar surface area (TPSA) is 79.3 Å². The summed E-state index contributed by atoms with van der Waals surface area (Å²) in [5.41, 5.74) is 0.601. The Morgan fingerprint density at radius 2 is 2.10 bits per heavy atom. The first-order valence-corrected chi connectivity index (χ1v) is 8.50. The van der Waals surface area contributed by atoms with Crippen molar-refractivity contribution < 1.29 is 13.5 Å². The average Bonchev–Trinajstić information content (AvgIpc) is 2.44. The standard InChI is InChI=1S/C14H22N2O3S/c1-10-4-3-5-13(11(10)2)16-20(18,19)14-7-6-12(9-17)8-15-14/h6-8,10-11,13,16-17H,3-5,9H2,1-2H3. The van der Waals surface area contributed by atoms with E-state index in [1.807, 2.05) is 0 Å². The summed E-state index contributed by atoms with van der Waals surface area (Å²) in [6, 6.07) is 2.99. The smallest absolute Gasteiger partial charge is 0.258 e. The maximum atomic E-state index is 12.3. The average molecular weight is 298 g/mol.